The van der Waals surface area contributed by atoms with Crippen LogP contribution in [0.15, 0.2) is 48.5 Å². The van der Waals surface area contributed by atoms with E-state index in [0.717, 1.165) is 0 Å². The van der Waals surface area contributed by atoms with Crippen LogP contribution >= 0.6 is 0 Å². The van der Waals surface area contributed by atoms with Crippen molar-refractivity contribution >= 4 is 17.4 Å². The molecule has 0 aromatic heterocycles. The van der Waals surface area contributed by atoms with Gasteiger partial charge in [0, 0.05) is 29.8 Å². The standard InChI is InChI=1S/C23H23F3N2O4/c24-23(25,26)32-19-3-1-2-17(14-19)28-13-10-20(22(28)31)27-11-8-16(9-12-27)21(30)15-4-6-18(29)7-5-15/h1-7,14,16,20,29H,8-13H2/t20-/m0/s1. The number of hydrogen-bond donors (Lipinski definition) is 1. The van der Waals surface area contributed by atoms with Crippen LogP contribution in [0.1, 0.15) is 29.6 Å². The molecule has 2 aromatic carbocycles. The predicted molar refractivity (Wildman–Crippen MR) is 111 cm³/mol. The number of nitrogens with zero attached hydrogens (tertiary/aromatic N) is 2. The third-order valence-electron chi connectivity index (χ3n) is 6.03. The van der Waals surface area contributed by atoms with Gasteiger partial charge in [-0.25, -0.2) is 0 Å². The number of rotatable bonds is 5. The Morgan fingerprint density at radius 3 is 2.34 bits per heavy atom. The summed E-state index contributed by atoms with van der Waals surface area (Å²) in [6.07, 6.45) is -2.98. The molecule has 32 heavy (non-hydrogen) atoms. The molecule has 0 spiro atoms. The van der Waals surface area contributed by atoms with E-state index in [1.807, 2.05) is 0 Å². The normalized spacial score (nSPS) is 20.5. The number of aromatic hydroxyl groups is 1. The number of ketones is 1. The number of carbonyl (C=O) groups is 2. The van der Waals surface area contributed by atoms with Gasteiger partial charge < -0.3 is 14.7 Å². The number of likely N-dealkylation sites (tertiary alicyclic amines) is 1. The lowest BCUT2D eigenvalue weighted by atomic mass is 9.88. The van der Waals surface area contributed by atoms with E-state index in [4.69, 9.17) is 0 Å². The number of halogens is 3. The maximum Gasteiger partial charge on any atom is 0.573 e. The topological polar surface area (TPSA) is 70.1 Å². The Bertz CT molecular complexity index is 985. The van der Waals surface area contributed by atoms with Gasteiger partial charge in [0.05, 0.1) is 6.04 Å². The summed E-state index contributed by atoms with van der Waals surface area (Å²) in [5, 5.41) is 9.39. The van der Waals surface area contributed by atoms with Crippen LogP contribution in [0.4, 0.5) is 18.9 Å². The monoisotopic (exact) mass is 448 g/mol. The van der Waals surface area contributed by atoms with Gasteiger partial charge in [0.1, 0.15) is 11.5 Å². The molecule has 0 radical (unpaired) electrons. The fourth-order valence-corrected chi connectivity index (χ4v) is 4.44. The Morgan fingerprint density at radius 1 is 1.00 bits per heavy atom. The molecule has 0 aliphatic carbocycles. The van der Waals surface area contributed by atoms with Crippen LogP contribution in [0.3, 0.4) is 0 Å². The third-order valence-corrected chi connectivity index (χ3v) is 6.03. The molecular weight excluding hydrogens is 425 g/mol. The summed E-state index contributed by atoms with van der Waals surface area (Å²) in [5.41, 5.74) is 0.932. The van der Waals surface area contributed by atoms with E-state index in [1.165, 1.54) is 35.2 Å². The molecule has 1 N–H and O–H groups in total. The number of phenolic OH excluding ortho intramolecular Hbond substituents is 1. The molecule has 2 aliphatic rings. The summed E-state index contributed by atoms with van der Waals surface area (Å²) in [4.78, 5) is 29.2. The molecule has 1 atom stereocenters. The van der Waals surface area contributed by atoms with Gasteiger partial charge in [0.2, 0.25) is 5.91 Å². The first-order valence-corrected chi connectivity index (χ1v) is 10.5. The second-order valence-corrected chi connectivity index (χ2v) is 8.06. The molecule has 0 unspecified atom stereocenters. The number of carbonyl (C=O) groups excluding carboxylic acids is 2. The van der Waals surface area contributed by atoms with E-state index in [9.17, 15) is 27.9 Å². The van der Waals surface area contributed by atoms with E-state index in [2.05, 4.69) is 9.64 Å². The Labute approximate surface area is 183 Å². The molecule has 6 nitrogen and oxygen atoms in total. The number of hydrogen-bond acceptors (Lipinski definition) is 5. The van der Waals surface area contributed by atoms with Gasteiger partial charge in [0.25, 0.3) is 0 Å². The van der Waals surface area contributed by atoms with Crippen molar-refractivity contribution in [1.82, 2.24) is 4.90 Å². The Kier molecular flexibility index (Phi) is 6.10. The fourth-order valence-electron chi connectivity index (χ4n) is 4.44. The average Bonchev–Trinajstić information content (AvgIpc) is 3.14. The first-order chi connectivity index (χ1) is 15.2. The molecule has 2 aromatic rings. The second kappa shape index (κ2) is 8.82. The minimum absolute atomic E-state index is 0.0329. The SMILES string of the molecule is O=C(c1ccc(O)cc1)C1CCN([C@H]2CCN(c3cccc(OC(F)(F)F)c3)C2=O)CC1. The highest BCUT2D eigenvalue weighted by Gasteiger charge is 2.39. The number of amides is 1. The highest BCUT2D eigenvalue weighted by Crippen LogP contribution is 2.32. The van der Waals surface area contributed by atoms with Gasteiger partial charge in [-0.15, -0.1) is 13.2 Å². The quantitative estimate of drug-likeness (QED) is 0.701. The lowest BCUT2D eigenvalue weighted by Gasteiger charge is -2.34. The van der Waals surface area contributed by atoms with Crippen LogP contribution in [0.25, 0.3) is 0 Å². The molecule has 2 heterocycles. The highest BCUT2D eigenvalue weighted by molar-refractivity contribution is 6.00. The molecule has 170 valence electrons. The van der Waals surface area contributed by atoms with Crippen molar-refractivity contribution in [3.05, 3.63) is 54.1 Å². The molecule has 9 heteroatoms. The van der Waals surface area contributed by atoms with Crippen LogP contribution in [-0.4, -0.2) is 53.7 Å². The molecule has 2 fully saturated rings. The largest absolute Gasteiger partial charge is 0.573 e. The number of phenols is 1. The summed E-state index contributed by atoms with van der Waals surface area (Å²) < 4.78 is 41.5. The number of Topliss-reactive ketones (excluding diaryl/α,β-unsaturated/α-hetero) is 1. The van der Waals surface area contributed by atoms with Gasteiger partial charge in [0.15, 0.2) is 5.78 Å². The lowest BCUT2D eigenvalue weighted by molar-refractivity contribution is -0.274. The highest BCUT2D eigenvalue weighted by atomic mass is 19.4. The number of anilines is 1. The summed E-state index contributed by atoms with van der Waals surface area (Å²) in [7, 11) is 0. The third kappa shape index (κ3) is 4.88. The summed E-state index contributed by atoms with van der Waals surface area (Å²) in [6.45, 7) is 1.59. The molecule has 1 amide bonds. The van der Waals surface area contributed by atoms with Gasteiger partial charge in [-0.2, -0.15) is 0 Å². The minimum Gasteiger partial charge on any atom is -0.508 e. The zero-order valence-corrected chi connectivity index (χ0v) is 17.2. The van der Waals surface area contributed by atoms with Crippen molar-refractivity contribution in [1.29, 1.82) is 0 Å². The predicted octanol–water partition coefficient (Wildman–Crippen LogP) is 3.99. The van der Waals surface area contributed by atoms with Crippen molar-refractivity contribution in [3.63, 3.8) is 0 Å². The summed E-state index contributed by atoms with van der Waals surface area (Å²) >= 11 is 0. The number of piperidine rings is 1. The Morgan fingerprint density at radius 2 is 1.69 bits per heavy atom. The molecule has 2 aliphatic heterocycles. The van der Waals surface area contributed by atoms with Crippen molar-refractivity contribution in [2.75, 3.05) is 24.5 Å². The van der Waals surface area contributed by atoms with Crippen LogP contribution < -0.4 is 9.64 Å². The van der Waals surface area contributed by atoms with E-state index in [-0.39, 0.29) is 35.1 Å². The molecule has 2 saturated heterocycles. The minimum atomic E-state index is -4.79. The van der Waals surface area contributed by atoms with Crippen LogP contribution in [-0.2, 0) is 4.79 Å². The smallest absolute Gasteiger partial charge is 0.508 e. The van der Waals surface area contributed by atoms with E-state index < -0.39 is 6.36 Å². The second-order valence-electron chi connectivity index (χ2n) is 8.06. The Hall–Kier alpha value is -3.07. The van der Waals surface area contributed by atoms with Gasteiger partial charge in [-0.05, 0) is 68.8 Å². The van der Waals surface area contributed by atoms with E-state index >= 15 is 0 Å². The average molecular weight is 448 g/mol. The maximum atomic E-state index is 13.0. The van der Waals surface area contributed by atoms with Crippen LogP contribution in [0.5, 0.6) is 11.5 Å². The molecule has 0 saturated carbocycles. The lowest BCUT2D eigenvalue weighted by Crippen LogP contribution is -2.46. The Balaban J connectivity index is 1.36. The summed E-state index contributed by atoms with van der Waals surface area (Å²) in [6, 6.07) is 11.3. The van der Waals surface area contributed by atoms with Gasteiger partial charge in [-0.1, -0.05) is 6.07 Å². The van der Waals surface area contributed by atoms with Crippen molar-refractivity contribution < 1.29 is 32.6 Å². The molecular formula is C23H23F3N2O4. The van der Waals surface area contributed by atoms with Crippen molar-refractivity contribution in [2.45, 2.75) is 31.7 Å². The van der Waals surface area contributed by atoms with Crippen LogP contribution in [0, 0.1) is 5.92 Å². The zero-order chi connectivity index (χ0) is 22.9. The van der Waals surface area contributed by atoms with E-state index in [0.29, 0.717) is 50.1 Å². The first kappa shape index (κ1) is 22.1. The van der Waals surface area contributed by atoms with Crippen molar-refractivity contribution in [2.24, 2.45) is 5.92 Å². The summed E-state index contributed by atoms with van der Waals surface area (Å²) in [5.74, 6) is -0.515. The van der Waals surface area contributed by atoms with Crippen molar-refractivity contribution in [3.8, 4) is 11.5 Å². The van der Waals surface area contributed by atoms with E-state index in [1.54, 1.807) is 18.2 Å². The molecule has 4 rings (SSSR count). The fraction of sp³-hybridized carbons (Fsp3) is 0.391. The first-order valence-electron chi connectivity index (χ1n) is 10.5. The van der Waals surface area contributed by atoms with Gasteiger partial charge in [-0.3, -0.25) is 14.5 Å². The number of ether oxygens (including phenoxy) is 1. The zero-order valence-electron chi connectivity index (χ0n) is 17.2. The van der Waals surface area contributed by atoms with Crippen LogP contribution in [0.2, 0.25) is 0 Å². The maximum absolute atomic E-state index is 13.0. The number of benzene rings is 2. The van der Waals surface area contributed by atoms with Gasteiger partial charge >= 0.3 is 6.36 Å². The number of alkyl halides is 3. The molecule has 0 bridgehead atoms.